The number of amides is 1. The van der Waals surface area contributed by atoms with E-state index in [4.69, 9.17) is 16.0 Å². The number of aliphatic carboxylic acids is 1. The Morgan fingerprint density at radius 1 is 1.67 bits per heavy atom. The number of hydrogen-bond donors (Lipinski definition) is 4. The van der Waals surface area contributed by atoms with Crippen LogP contribution in [-0.4, -0.2) is 34.6 Å². The van der Waals surface area contributed by atoms with Crippen molar-refractivity contribution in [2.75, 3.05) is 0 Å². The van der Waals surface area contributed by atoms with Crippen LogP contribution in [0.2, 0.25) is 0 Å². The van der Waals surface area contributed by atoms with E-state index < -0.39 is 17.9 Å². The molecule has 0 radical (unpaired) electrons. The van der Waals surface area contributed by atoms with Gasteiger partial charge in [-0.3, -0.25) is 9.59 Å². The Bertz CT molecular complexity index is 203. The van der Waals surface area contributed by atoms with E-state index in [1.165, 1.54) is 0 Å². The molecule has 0 saturated carbocycles. The molecule has 0 saturated heterocycles. The molecule has 0 bridgehead atoms. The first-order valence-electron chi connectivity index (χ1n) is 3.01. The molecule has 0 aromatic heterocycles. The predicted octanol–water partition coefficient (Wildman–Crippen LogP) is -1.68. The zero-order chi connectivity index (χ0) is 9.56. The normalized spacial score (nSPS) is 12.8. The summed E-state index contributed by atoms with van der Waals surface area (Å²) < 4.78 is 0. The number of rotatable bonds is 4. The van der Waals surface area contributed by atoms with E-state index in [0.717, 1.165) is 6.34 Å². The number of nitrogens with two attached hydrogens (primary N) is 1. The minimum atomic E-state index is -1.26. The molecule has 5 N–H and O–H groups in total. The summed E-state index contributed by atoms with van der Waals surface area (Å²) in [5, 5.41) is 20.6. The van der Waals surface area contributed by atoms with Crippen molar-refractivity contribution in [1.82, 2.24) is 5.32 Å². The van der Waals surface area contributed by atoms with Crippen molar-refractivity contribution in [1.29, 1.82) is 0 Å². The highest BCUT2D eigenvalue weighted by Gasteiger charge is 2.15. The minimum Gasteiger partial charge on any atom is -0.480 e. The molecule has 0 aliphatic heterocycles. The van der Waals surface area contributed by atoms with Gasteiger partial charge in [-0.15, -0.1) is 0 Å². The van der Waals surface area contributed by atoms with Crippen LogP contribution in [0.3, 0.4) is 0 Å². The van der Waals surface area contributed by atoms with Gasteiger partial charge in [0.2, 0.25) is 5.91 Å². The Kier molecular flexibility index (Phi) is 4.39. The lowest BCUT2D eigenvalue weighted by molar-refractivity contribution is -0.140. The third-order valence-electron chi connectivity index (χ3n) is 1.01. The lowest BCUT2D eigenvalue weighted by Gasteiger charge is -2.03. The molecule has 1 atom stereocenters. The molecule has 0 aliphatic carbocycles. The van der Waals surface area contributed by atoms with Gasteiger partial charge in [0, 0.05) is 0 Å². The Labute approximate surface area is 67.8 Å². The highest BCUT2D eigenvalue weighted by atomic mass is 16.4. The van der Waals surface area contributed by atoms with E-state index in [2.05, 4.69) is 5.16 Å². The van der Waals surface area contributed by atoms with Crippen molar-refractivity contribution in [2.24, 2.45) is 10.9 Å². The molecule has 1 unspecified atom stereocenters. The summed E-state index contributed by atoms with van der Waals surface area (Å²) in [6, 6.07) is -1.24. The second-order valence-corrected chi connectivity index (χ2v) is 1.96. The SMILES string of the molecule is NC(CC(=O)NC=NO)C(=O)O. The van der Waals surface area contributed by atoms with E-state index in [9.17, 15) is 9.59 Å². The fourth-order valence-electron chi connectivity index (χ4n) is 0.447. The largest absolute Gasteiger partial charge is 0.480 e. The van der Waals surface area contributed by atoms with Gasteiger partial charge in [0.15, 0.2) is 0 Å². The number of carbonyl (C=O) groups excluding carboxylic acids is 1. The van der Waals surface area contributed by atoms with Gasteiger partial charge < -0.3 is 21.4 Å². The summed E-state index contributed by atoms with van der Waals surface area (Å²) in [6.07, 6.45) is 0.373. The molecule has 7 heteroatoms. The van der Waals surface area contributed by atoms with Gasteiger partial charge in [0.25, 0.3) is 0 Å². The number of carbonyl (C=O) groups is 2. The van der Waals surface area contributed by atoms with Gasteiger partial charge in [0.05, 0.1) is 6.42 Å². The molecule has 7 nitrogen and oxygen atoms in total. The second kappa shape index (κ2) is 5.08. The Morgan fingerprint density at radius 3 is 2.67 bits per heavy atom. The van der Waals surface area contributed by atoms with Crippen molar-refractivity contribution >= 4 is 18.2 Å². The molecule has 0 spiro atoms. The molecule has 0 fully saturated rings. The standard InChI is InChI=1S/C5H9N3O4/c6-3(5(10)11)1-4(9)7-2-8-12/h2-3,12H,1,6H2,(H,10,11)(H,7,8,9). The monoisotopic (exact) mass is 175 g/mol. The van der Waals surface area contributed by atoms with Crippen LogP contribution in [0.4, 0.5) is 0 Å². The Balaban J connectivity index is 3.76. The molecule has 0 aliphatic rings. The van der Waals surface area contributed by atoms with E-state index >= 15 is 0 Å². The Hall–Kier alpha value is -1.63. The maximum Gasteiger partial charge on any atom is 0.321 e. The van der Waals surface area contributed by atoms with E-state index in [1.807, 2.05) is 5.32 Å². The minimum absolute atomic E-state index is 0.360. The van der Waals surface area contributed by atoms with Crippen molar-refractivity contribution in [2.45, 2.75) is 12.5 Å². The van der Waals surface area contributed by atoms with Crippen molar-refractivity contribution in [3.63, 3.8) is 0 Å². The summed E-state index contributed by atoms with van der Waals surface area (Å²) in [5.41, 5.74) is 5.02. The molecule has 1 amide bonds. The summed E-state index contributed by atoms with van der Waals surface area (Å²) >= 11 is 0. The second-order valence-electron chi connectivity index (χ2n) is 1.96. The van der Waals surface area contributed by atoms with Gasteiger partial charge in [-0.2, -0.15) is 0 Å². The van der Waals surface area contributed by atoms with Crippen LogP contribution in [0.25, 0.3) is 0 Å². The van der Waals surface area contributed by atoms with Crippen molar-refractivity contribution < 1.29 is 19.9 Å². The summed E-state index contributed by atoms with van der Waals surface area (Å²) in [5.74, 6) is -1.88. The zero-order valence-corrected chi connectivity index (χ0v) is 6.10. The van der Waals surface area contributed by atoms with Gasteiger partial charge in [-0.25, -0.2) is 0 Å². The summed E-state index contributed by atoms with van der Waals surface area (Å²) in [7, 11) is 0. The number of hydrogen-bond acceptors (Lipinski definition) is 5. The third-order valence-corrected chi connectivity index (χ3v) is 1.01. The molecule has 12 heavy (non-hydrogen) atoms. The Morgan fingerprint density at radius 2 is 2.25 bits per heavy atom. The molecular formula is C5H9N3O4. The number of oxime groups is 1. The quantitative estimate of drug-likeness (QED) is 0.176. The van der Waals surface area contributed by atoms with Gasteiger partial charge in [-0.05, 0) is 0 Å². The first-order chi connectivity index (χ1) is 5.57. The van der Waals surface area contributed by atoms with Crippen molar-refractivity contribution in [3.05, 3.63) is 0 Å². The fourth-order valence-corrected chi connectivity index (χ4v) is 0.447. The molecule has 0 heterocycles. The van der Waals surface area contributed by atoms with Crippen LogP contribution in [-0.2, 0) is 9.59 Å². The number of nitrogens with zero attached hydrogens (tertiary/aromatic N) is 1. The first kappa shape index (κ1) is 10.4. The average molecular weight is 175 g/mol. The third kappa shape index (κ3) is 4.23. The highest BCUT2D eigenvalue weighted by molar-refractivity contribution is 5.90. The number of carboxylic acid groups (broad SMARTS) is 1. The van der Waals surface area contributed by atoms with Gasteiger partial charge >= 0.3 is 5.97 Å². The molecule has 0 rings (SSSR count). The van der Waals surface area contributed by atoms with Crippen LogP contribution in [0.5, 0.6) is 0 Å². The van der Waals surface area contributed by atoms with E-state index in [1.54, 1.807) is 0 Å². The average Bonchev–Trinajstić information content (AvgIpc) is 2.00. The summed E-state index contributed by atoms with van der Waals surface area (Å²) in [6.45, 7) is 0. The van der Waals surface area contributed by atoms with E-state index in [0.29, 0.717) is 0 Å². The van der Waals surface area contributed by atoms with Crippen LogP contribution < -0.4 is 11.1 Å². The van der Waals surface area contributed by atoms with E-state index in [-0.39, 0.29) is 6.42 Å². The van der Waals surface area contributed by atoms with Crippen LogP contribution in [0.1, 0.15) is 6.42 Å². The smallest absolute Gasteiger partial charge is 0.321 e. The van der Waals surface area contributed by atoms with Gasteiger partial charge in [-0.1, -0.05) is 5.16 Å². The lowest BCUT2D eigenvalue weighted by atomic mass is 10.2. The zero-order valence-electron chi connectivity index (χ0n) is 6.10. The van der Waals surface area contributed by atoms with Crippen LogP contribution in [0, 0.1) is 0 Å². The first-order valence-corrected chi connectivity index (χ1v) is 3.01. The maximum atomic E-state index is 10.7. The topological polar surface area (TPSA) is 125 Å². The maximum absolute atomic E-state index is 10.7. The molecule has 0 aromatic carbocycles. The molecular weight excluding hydrogens is 166 g/mol. The molecule has 0 aromatic rings. The van der Waals surface area contributed by atoms with Crippen molar-refractivity contribution in [3.8, 4) is 0 Å². The number of carboxylic acids is 1. The fraction of sp³-hybridized carbons (Fsp3) is 0.400. The van der Waals surface area contributed by atoms with Crippen LogP contribution in [0.15, 0.2) is 5.16 Å². The molecule has 68 valence electrons. The predicted molar refractivity (Wildman–Crippen MR) is 38.6 cm³/mol. The lowest BCUT2D eigenvalue weighted by Crippen LogP contribution is -2.36. The number of nitrogens with one attached hydrogen (secondary N) is 1. The highest BCUT2D eigenvalue weighted by Crippen LogP contribution is 1.86. The summed E-state index contributed by atoms with van der Waals surface area (Å²) in [4.78, 5) is 20.8. The van der Waals surface area contributed by atoms with Gasteiger partial charge in [0.1, 0.15) is 12.4 Å². The van der Waals surface area contributed by atoms with Crippen LogP contribution >= 0.6 is 0 Å².